The van der Waals surface area contributed by atoms with Crippen molar-refractivity contribution in [2.75, 3.05) is 37.7 Å². The van der Waals surface area contributed by atoms with Crippen molar-refractivity contribution >= 4 is 17.6 Å². The highest BCUT2D eigenvalue weighted by Gasteiger charge is 2.29. The Kier molecular flexibility index (Phi) is 5.11. The Hall–Kier alpha value is -2.76. The van der Waals surface area contributed by atoms with Crippen LogP contribution in [0.2, 0.25) is 0 Å². The van der Waals surface area contributed by atoms with Gasteiger partial charge in [-0.3, -0.25) is 4.79 Å². The van der Waals surface area contributed by atoms with E-state index >= 15 is 0 Å². The minimum absolute atomic E-state index is 0.128. The van der Waals surface area contributed by atoms with Crippen LogP contribution in [0.5, 0.6) is 0 Å². The molecule has 1 saturated carbocycles. The summed E-state index contributed by atoms with van der Waals surface area (Å²) in [5.41, 5.74) is 3.77. The molecule has 0 spiro atoms. The summed E-state index contributed by atoms with van der Waals surface area (Å²) in [5, 5.41) is 0. The summed E-state index contributed by atoms with van der Waals surface area (Å²) in [6, 6.07) is 12.6. The van der Waals surface area contributed by atoms with Crippen LogP contribution < -0.4 is 4.90 Å². The van der Waals surface area contributed by atoms with E-state index in [1.165, 1.54) is 5.69 Å². The van der Waals surface area contributed by atoms with Crippen molar-refractivity contribution in [2.45, 2.75) is 32.7 Å². The van der Waals surface area contributed by atoms with Gasteiger partial charge < -0.3 is 19.1 Å². The molecule has 2 fully saturated rings. The monoisotopic (exact) mass is 381 g/mol. The molecule has 4 rings (SSSR count). The predicted octanol–water partition coefficient (Wildman–Crippen LogP) is 2.95. The zero-order valence-corrected chi connectivity index (χ0v) is 16.6. The van der Waals surface area contributed by atoms with Crippen molar-refractivity contribution in [3.05, 3.63) is 53.3 Å². The van der Waals surface area contributed by atoms with Crippen LogP contribution in [0.1, 0.15) is 40.6 Å². The van der Waals surface area contributed by atoms with Gasteiger partial charge in [0.25, 0.3) is 5.91 Å². The number of para-hydroxylation sites is 1. The first kappa shape index (κ1) is 18.6. The van der Waals surface area contributed by atoms with Crippen LogP contribution in [0.3, 0.4) is 0 Å². The lowest BCUT2D eigenvalue weighted by atomic mass is 10.2. The summed E-state index contributed by atoms with van der Waals surface area (Å²) in [7, 11) is 0. The molecule has 1 aromatic heterocycles. The summed E-state index contributed by atoms with van der Waals surface area (Å²) in [5.74, 6) is -0.534. The van der Waals surface area contributed by atoms with Crippen LogP contribution in [0.15, 0.2) is 36.4 Å². The highest BCUT2D eigenvalue weighted by atomic mass is 16.5. The molecule has 28 heavy (non-hydrogen) atoms. The summed E-state index contributed by atoms with van der Waals surface area (Å²) in [6.07, 6.45) is 2.33. The van der Waals surface area contributed by atoms with E-state index in [1.54, 1.807) is 4.90 Å². The maximum Gasteiger partial charge on any atom is 0.340 e. The zero-order chi connectivity index (χ0) is 19.7. The molecule has 1 amide bonds. The number of carbonyl (C=O) groups is 2. The van der Waals surface area contributed by atoms with Crippen molar-refractivity contribution in [3.63, 3.8) is 0 Å². The van der Waals surface area contributed by atoms with Gasteiger partial charge in [0.2, 0.25) is 0 Å². The Labute approximate surface area is 165 Å². The smallest absolute Gasteiger partial charge is 0.340 e. The Morgan fingerprint density at radius 2 is 1.71 bits per heavy atom. The zero-order valence-electron chi connectivity index (χ0n) is 16.6. The van der Waals surface area contributed by atoms with E-state index in [0.29, 0.717) is 24.7 Å². The average Bonchev–Trinajstić information content (AvgIpc) is 3.51. The fourth-order valence-corrected chi connectivity index (χ4v) is 4.03. The molecule has 0 unspecified atom stereocenters. The number of ether oxygens (including phenoxy) is 1. The third-order valence-electron chi connectivity index (χ3n) is 5.70. The molecule has 6 nitrogen and oxygen atoms in total. The van der Waals surface area contributed by atoms with E-state index in [2.05, 4.69) is 21.6 Å². The van der Waals surface area contributed by atoms with Crippen LogP contribution in [-0.2, 0) is 9.53 Å². The van der Waals surface area contributed by atoms with Gasteiger partial charge in [-0.15, -0.1) is 0 Å². The number of hydrogen-bond donors (Lipinski definition) is 0. The van der Waals surface area contributed by atoms with Crippen LogP contribution in [0, 0.1) is 13.8 Å². The number of benzene rings is 1. The topological polar surface area (TPSA) is 54.8 Å². The van der Waals surface area contributed by atoms with Gasteiger partial charge in [0.1, 0.15) is 0 Å². The number of aromatic nitrogens is 1. The fraction of sp³-hybridized carbons (Fsp3) is 0.455. The van der Waals surface area contributed by atoms with Gasteiger partial charge in [-0.05, 0) is 44.9 Å². The second kappa shape index (κ2) is 7.70. The SMILES string of the molecule is Cc1cc(C(=O)OCC(=O)N2CCN(c3ccccc3)CC2)c(C)n1C1CC1. The van der Waals surface area contributed by atoms with Crippen LogP contribution in [-0.4, -0.2) is 54.1 Å². The van der Waals surface area contributed by atoms with E-state index in [-0.39, 0.29) is 12.5 Å². The molecule has 148 valence electrons. The lowest BCUT2D eigenvalue weighted by Gasteiger charge is -2.36. The number of amides is 1. The largest absolute Gasteiger partial charge is 0.452 e. The van der Waals surface area contributed by atoms with Gasteiger partial charge in [0.05, 0.1) is 5.56 Å². The molecule has 1 saturated heterocycles. The number of nitrogens with zero attached hydrogens (tertiary/aromatic N) is 3. The molecule has 0 radical (unpaired) electrons. The highest BCUT2D eigenvalue weighted by Crippen LogP contribution is 2.38. The number of hydrogen-bond acceptors (Lipinski definition) is 4. The highest BCUT2D eigenvalue weighted by molar-refractivity contribution is 5.92. The summed E-state index contributed by atoms with van der Waals surface area (Å²) in [6.45, 7) is 6.62. The Balaban J connectivity index is 1.29. The molecule has 6 heteroatoms. The van der Waals surface area contributed by atoms with Gasteiger partial charge in [-0.25, -0.2) is 4.79 Å². The summed E-state index contributed by atoms with van der Waals surface area (Å²) in [4.78, 5) is 29.0. The van der Waals surface area contributed by atoms with E-state index in [0.717, 1.165) is 37.3 Å². The molecule has 1 aliphatic heterocycles. The maximum absolute atomic E-state index is 12.5. The first-order valence-electron chi connectivity index (χ1n) is 9.98. The van der Waals surface area contributed by atoms with Gasteiger partial charge in [-0.1, -0.05) is 18.2 Å². The first-order valence-corrected chi connectivity index (χ1v) is 9.98. The van der Waals surface area contributed by atoms with Gasteiger partial charge in [-0.2, -0.15) is 0 Å². The molecule has 2 aliphatic rings. The molecular weight excluding hydrogens is 354 g/mol. The average molecular weight is 381 g/mol. The van der Waals surface area contributed by atoms with Crippen molar-refractivity contribution in [3.8, 4) is 0 Å². The van der Waals surface area contributed by atoms with Gasteiger partial charge >= 0.3 is 5.97 Å². The van der Waals surface area contributed by atoms with Crippen LogP contribution in [0.25, 0.3) is 0 Å². The first-order chi connectivity index (χ1) is 13.5. The summed E-state index contributed by atoms with van der Waals surface area (Å²) >= 11 is 0. The number of carbonyl (C=O) groups excluding carboxylic acids is 2. The third kappa shape index (κ3) is 3.77. The molecule has 0 bridgehead atoms. The minimum Gasteiger partial charge on any atom is -0.452 e. The molecule has 2 aromatic rings. The van der Waals surface area contributed by atoms with E-state index in [4.69, 9.17) is 4.74 Å². The number of esters is 1. The van der Waals surface area contributed by atoms with Crippen LogP contribution >= 0.6 is 0 Å². The van der Waals surface area contributed by atoms with Crippen molar-refractivity contribution in [1.29, 1.82) is 0 Å². The normalized spacial score (nSPS) is 16.9. The van der Waals surface area contributed by atoms with E-state index in [1.807, 2.05) is 38.1 Å². The minimum atomic E-state index is -0.406. The van der Waals surface area contributed by atoms with Gasteiger partial charge in [0, 0.05) is 49.3 Å². The predicted molar refractivity (Wildman–Crippen MR) is 108 cm³/mol. The molecule has 1 aromatic carbocycles. The second-order valence-corrected chi connectivity index (χ2v) is 7.67. The molecular formula is C22H27N3O3. The van der Waals surface area contributed by atoms with Crippen molar-refractivity contribution in [2.24, 2.45) is 0 Å². The number of piperazine rings is 1. The fourth-order valence-electron chi connectivity index (χ4n) is 4.03. The Morgan fingerprint density at radius 3 is 2.36 bits per heavy atom. The second-order valence-electron chi connectivity index (χ2n) is 7.67. The number of anilines is 1. The van der Waals surface area contributed by atoms with E-state index in [9.17, 15) is 9.59 Å². The lowest BCUT2D eigenvalue weighted by Crippen LogP contribution is -2.49. The maximum atomic E-state index is 12.5. The molecule has 1 aliphatic carbocycles. The molecule has 2 heterocycles. The van der Waals surface area contributed by atoms with E-state index < -0.39 is 5.97 Å². The molecule has 0 N–H and O–H groups in total. The lowest BCUT2D eigenvalue weighted by molar-refractivity contribution is -0.134. The van der Waals surface area contributed by atoms with Gasteiger partial charge in [0.15, 0.2) is 6.61 Å². The Bertz CT molecular complexity index is 863. The standard InChI is InChI=1S/C22H27N3O3/c1-16-14-20(17(2)25(16)19-8-9-19)22(27)28-15-21(26)24-12-10-23(11-13-24)18-6-4-3-5-7-18/h3-7,14,19H,8-13,15H2,1-2H3. The third-order valence-corrected chi connectivity index (χ3v) is 5.70. The van der Waals surface area contributed by atoms with Crippen LogP contribution in [0.4, 0.5) is 5.69 Å². The number of aryl methyl sites for hydroxylation is 1. The summed E-state index contributed by atoms with van der Waals surface area (Å²) < 4.78 is 7.56. The number of rotatable bonds is 5. The van der Waals surface area contributed by atoms with Crippen molar-refractivity contribution in [1.82, 2.24) is 9.47 Å². The molecule has 0 atom stereocenters. The van der Waals surface area contributed by atoms with Crippen molar-refractivity contribution < 1.29 is 14.3 Å². The quantitative estimate of drug-likeness (QED) is 0.748. The Morgan fingerprint density at radius 1 is 1.04 bits per heavy atom.